The van der Waals surface area contributed by atoms with Crippen LogP contribution in [0.3, 0.4) is 0 Å². The molecule has 2 atom stereocenters. The quantitative estimate of drug-likeness (QED) is 0.845. The topological polar surface area (TPSA) is 60.9 Å². The van der Waals surface area contributed by atoms with Crippen molar-refractivity contribution in [2.24, 2.45) is 11.8 Å². The first-order valence-corrected chi connectivity index (χ1v) is 8.41. The molecule has 1 N–H and O–H groups in total. The van der Waals surface area contributed by atoms with Crippen molar-refractivity contribution in [2.45, 2.75) is 51.0 Å². The van der Waals surface area contributed by atoms with E-state index in [2.05, 4.69) is 0 Å². The second kappa shape index (κ2) is 6.34. The van der Waals surface area contributed by atoms with Gasteiger partial charge in [-0.25, -0.2) is 0 Å². The molecule has 5 heteroatoms. The third-order valence-corrected chi connectivity index (χ3v) is 5.13. The van der Waals surface area contributed by atoms with Crippen molar-refractivity contribution >= 4 is 11.8 Å². The Morgan fingerprint density at radius 3 is 2.43 bits per heavy atom. The van der Waals surface area contributed by atoms with Crippen molar-refractivity contribution in [3.63, 3.8) is 0 Å². The molecular formula is C16H26N2O3. The maximum atomic E-state index is 12.8. The van der Waals surface area contributed by atoms with Crippen molar-refractivity contribution in [3.8, 4) is 0 Å². The third kappa shape index (κ3) is 3.23. The molecule has 0 radical (unpaired) electrons. The normalized spacial score (nSPS) is 30.3. The van der Waals surface area contributed by atoms with E-state index in [4.69, 9.17) is 0 Å². The minimum atomic E-state index is -0.0615. The Kier molecular flexibility index (Phi) is 4.48. The van der Waals surface area contributed by atoms with Gasteiger partial charge in [-0.15, -0.1) is 0 Å². The van der Waals surface area contributed by atoms with E-state index in [1.165, 1.54) is 0 Å². The van der Waals surface area contributed by atoms with E-state index < -0.39 is 0 Å². The lowest BCUT2D eigenvalue weighted by atomic mass is 9.93. The molecule has 2 saturated heterocycles. The van der Waals surface area contributed by atoms with Gasteiger partial charge < -0.3 is 14.9 Å². The van der Waals surface area contributed by atoms with Gasteiger partial charge in [0.25, 0.3) is 0 Å². The molecule has 0 aromatic rings. The summed E-state index contributed by atoms with van der Waals surface area (Å²) in [6, 6.07) is -0.0132. The van der Waals surface area contributed by atoms with E-state index in [0.29, 0.717) is 6.54 Å². The van der Waals surface area contributed by atoms with E-state index in [9.17, 15) is 14.7 Å². The van der Waals surface area contributed by atoms with Crippen LogP contribution in [0.2, 0.25) is 0 Å². The van der Waals surface area contributed by atoms with Gasteiger partial charge in [-0.05, 0) is 44.9 Å². The van der Waals surface area contributed by atoms with Gasteiger partial charge in [0, 0.05) is 25.6 Å². The van der Waals surface area contributed by atoms with E-state index in [0.717, 1.165) is 58.0 Å². The molecule has 5 nitrogen and oxygen atoms in total. The number of carbonyl (C=O) groups excluding carboxylic acids is 2. The van der Waals surface area contributed by atoms with Crippen molar-refractivity contribution in [2.75, 3.05) is 26.2 Å². The lowest BCUT2D eigenvalue weighted by molar-refractivity contribution is -0.145. The average molecular weight is 294 g/mol. The largest absolute Gasteiger partial charge is 0.394 e. The Morgan fingerprint density at radius 1 is 0.905 bits per heavy atom. The zero-order valence-electron chi connectivity index (χ0n) is 12.7. The monoisotopic (exact) mass is 294 g/mol. The summed E-state index contributed by atoms with van der Waals surface area (Å²) in [5.74, 6) is 0.583. The fraction of sp³-hybridized carbons (Fsp3) is 0.875. The van der Waals surface area contributed by atoms with Crippen LogP contribution in [0.15, 0.2) is 0 Å². The van der Waals surface area contributed by atoms with E-state index in [-0.39, 0.29) is 36.3 Å². The number of aliphatic hydroxyl groups excluding tert-OH is 1. The van der Waals surface area contributed by atoms with Gasteiger partial charge in [0.1, 0.15) is 0 Å². The highest BCUT2D eigenvalue weighted by molar-refractivity contribution is 5.83. The third-order valence-electron chi connectivity index (χ3n) is 5.13. The molecule has 0 aromatic heterocycles. The van der Waals surface area contributed by atoms with Crippen LogP contribution in [0.1, 0.15) is 44.9 Å². The number of carbonyl (C=O) groups is 2. The lowest BCUT2D eigenvalue weighted by Crippen LogP contribution is -2.52. The van der Waals surface area contributed by atoms with Crippen LogP contribution in [0.4, 0.5) is 0 Å². The first-order valence-electron chi connectivity index (χ1n) is 8.41. The minimum absolute atomic E-state index is 0.0132. The van der Waals surface area contributed by atoms with Gasteiger partial charge in [-0.3, -0.25) is 9.59 Å². The summed E-state index contributed by atoms with van der Waals surface area (Å²) >= 11 is 0. The molecule has 2 amide bonds. The van der Waals surface area contributed by atoms with Gasteiger partial charge in [0.15, 0.2) is 0 Å². The first kappa shape index (κ1) is 14.8. The molecule has 1 saturated carbocycles. The van der Waals surface area contributed by atoms with Crippen LogP contribution >= 0.6 is 0 Å². The summed E-state index contributed by atoms with van der Waals surface area (Å²) in [6.45, 7) is 2.21. The van der Waals surface area contributed by atoms with E-state index in [1.54, 1.807) is 0 Å². The summed E-state index contributed by atoms with van der Waals surface area (Å²) in [5.41, 5.74) is 0. The zero-order valence-corrected chi connectivity index (χ0v) is 12.7. The fourth-order valence-corrected chi connectivity index (χ4v) is 3.68. The molecule has 1 aliphatic carbocycles. The molecule has 3 fully saturated rings. The molecule has 3 aliphatic rings. The van der Waals surface area contributed by atoms with Crippen molar-refractivity contribution in [1.29, 1.82) is 0 Å². The average Bonchev–Trinajstić information content (AvgIpc) is 3.38. The van der Waals surface area contributed by atoms with Gasteiger partial charge >= 0.3 is 0 Å². The van der Waals surface area contributed by atoms with Crippen LogP contribution in [0.5, 0.6) is 0 Å². The molecule has 118 valence electrons. The Hall–Kier alpha value is -1.10. The second-order valence-electron chi connectivity index (χ2n) is 6.76. The number of likely N-dealkylation sites (tertiary alicyclic amines) is 2. The predicted octanol–water partition coefficient (Wildman–Crippen LogP) is 1.01. The maximum Gasteiger partial charge on any atom is 0.227 e. The Bertz CT molecular complexity index is 408. The van der Waals surface area contributed by atoms with E-state index in [1.807, 2.05) is 9.80 Å². The van der Waals surface area contributed by atoms with Crippen molar-refractivity contribution in [3.05, 3.63) is 0 Å². The number of hydrogen-bond acceptors (Lipinski definition) is 3. The van der Waals surface area contributed by atoms with Crippen LogP contribution in [-0.4, -0.2) is 59.0 Å². The van der Waals surface area contributed by atoms with Crippen LogP contribution in [0, 0.1) is 11.8 Å². The standard InChI is InChI=1S/C16H26N2O3/c19-11-14-5-1-2-9-18(14)16(21)13-4-3-8-17(10-13)15(20)12-6-7-12/h12-14,19H,1-11H2. The SMILES string of the molecule is O=C(C1CC1)N1CCCC(C(=O)N2CCCCC2CO)C1. The summed E-state index contributed by atoms with van der Waals surface area (Å²) in [5, 5.41) is 9.47. The highest BCUT2D eigenvalue weighted by Crippen LogP contribution is 2.33. The van der Waals surface area contributed by atoms with Crippen molar-refractivity contribution in [1.82, 2.24) is 9.80 Å². The predicted molar refractivity (Wildman–Crippen MR) is 78.5 cm³/mol. The number of hydrogen-bond donors (Lipinski definition) is 1. The van der Waals surface area contributed by atoms with Gasteiger partial charge in [-0.2, -0.15) is 0 Å². The molecule has 2 heterocycles. The fourth-order valence-electron chi connectivity index (χ4n) is 3.68. The first-order chi connectivity index (χ1) is 10.2. The Labute approximate surface area is 126 Å². The van der Waals surface area contributed by atoms with Gasteiger partial charge in [0.05, 0.1) is 18.6 Å². The molecule has 0 aromatic carbocycles. The molecule has 3 rings (SSSR count). The number of rotatable bonds is 3. The number of nitrogens with zero attached hydrogens (tertiary/aromatic N) is 2. The lowest BCUT2D eigenvalue weighted by Gasteiger charge is -2.40. The molecule has 0 bridgehead atoms. The Morgan fingerprint density at radius 2 is 1.71 bits per heavy atom. The molecule has 0 spiro atoms. The maximum absolute atomic E-state index is 12.8. The van der Waals surface area contributed by atoms with Crippen LogP contribution in [0.25, 0.3) is 0 Å². The van der Waals surface area contributed by atoms with Crippen molar-refractivity contribution < 1.29 is 14.7 Å². The number of piperidine rings is 2. The van der Waals surface area contributed by atoms with Gasteiger partial charge in [0.2, 0.25) is 11.8 Å². The molecular weight excluding hydrogens is 268 g/mol. The highest BCUT2D eigenvalue weighted by Gasteiger charge is 2.38. The summed E-state index contributed by atoms with van der Waals surface area (Å²) < 4.78 is 0. The highest BCUT2D eigenvalue weighted by atomic mass is 16.3. The zero-order chi connectivity index (χ0) is 14.8. The number of aliphatic hydroxyl groups is 1. The summed E-state index contributed by atoms with van der Waals surface area (Å²) in [7, 11) is 0. The summed E-state index contributed by atoms with van der Waals surface area (Å²) in [6.07, 6.45) is 6.86. The number of amides is 2. The van der Waals surface area contributed by atoms with E-state index >= 15 is 0 Å². The second-order valence-corrected chi connectivity index (χ2v) is 6.76. The molecule has 2 unspecified atom stereocenters. The van der Waals surface area contributed by atoms with Gasteiger partial charge in [-0.1, -0.05) is 0 Å². The minimum Gasteiger partial charge on any atom is -0.394 e. The summed E-state index contributed by atoms with van der Waals surface area (Å²) in [4.78, 5) is 28.7. The smallest absolute Gasteiger partial charge is 0.227 e. The Balaban J connectivity index is 1.61. The molecule has 21 heavy (non-hydrogen) atoms. The molecule has 2 aliphatic heterocycles. The van der Waals surface area contributed by atoms with Crippen LogP contribution < -0.4 is 0 Å². The van der Waals surface area contributed by atoms with Crippen LogP contribution in [-0.2, 0) is 9.59 Å².